The Morgan fingerprint density at radius 2 is 1.62 bits per heavy atom. The zero-order valence-electron chi connectivity index (χ0n) is 28.6. The van der Waals surface area contributed by atoms with Gasteiger partial charge in [-0.25, -0.2) is 14.6 Å². The Morgan fingerprint density at radius 1 is 1.02 bits per heavy atom. The van der Waals surface area contributed by atoms with Crippen molar-refractivity contribution in [2.24, 2.45) is 0 Å². The molecule has 2 fully saturated rings. The van der Waals surface area contributed by atoms with E-state index in [1.165, 1.54) is 24.9 Å². The Balaban J connectivity index is 1.70. The first-order valence-electron chi connectivity index (χ1n) is 16.1. The van der Waals surface area contributed by atoms with Gasteiger partial charge in [0.05, 0.1) is 51.3 Å². The highest BCUT2D eigenvalue weighted by atomic mass is 31.1. The molecule has 0 bridgehead atoms. The van der Waals surface area contributed by atoms with Crippen molar-refractivity contribution in [3.8, 4) is 6.07 Å². The second kappa shape index (κ2) is 18.5. The largest absolute Gasteiger partial charge is 0.462 e. The minimum atomic E-state index is -3.23. The van der Waals surface area contributed by atoms with Crippen LogP contribution in [0.25, 0.3) is 5.52 Å². The van der Waals surface area contributed by atoms with E-state index in [1.807, 2.05) is 11.0 Å². The molecule has 4 rings (SSSR count). The zero-order chi connectivity index (χ0) is 36.3. The molecule has 20 heteroatoms. The van der Waals surface area contributed by atoms with E-state index in [-0.39, 0.29) is 24.6 Å². The van der Waals surface area contributed by atoms with Crippen LogP contribution < -0.4 is 10.8 Å². The molecule has 0 spiro atoms. The number of esters is 3. The van der Waals surface area contributed by atoms with E-state index in [9.17, 15) is 24.2 Å². The first kappa shape index (κ1) is 39.1. The van der Waals surface area contributed by atoms with Gasteiger partial charge in [-0.1, -0.05) is 0 Å². The normalized spacial score (nSPS) is 19.5. The van der Waals surface area contributed by atoms with Gasteiger partial charge in [-0.15, -0.1) is 0 Å². The molecular weight excluding hydrogens is 679 g/mol. The molecule has 19 nitrogen and oxygen atoms in total. The smallest absolute Gasteiger partial charge is 0.323 e. The number of hydrogen-bond donors (Lipinski definition) is 2. The Labute approximate surface area is 290 Å². The summed E-state index contributed by atoms with van der Waals surface area (Å²) < 4.78 is 53.7. The maximum absolute atomic E-state index is 13.6. The molecule has 2 saturated heterocycles. The van der Waals surface area contributed by atoms with Gasteiger partial charge in [-0.3, -0.25) is 28.7 Å². The number of ether oxygens (including phenoxy) is 6. The molecule has 3 N–H and O–H groups in total. The van der Waals surface area contributed by atoms with Gasteiger partial charge in [0.25, 0.3) is 8.18 Å². The predicted molar refractivity (Wildman–Crippen MR) is 175 cm³/mol. The van der Waals surface area contributed by atoms with Crippen molar-refractivity contribution in [1.29, 1.82) is 5.26 Å². The van der Waals surface area contributed by atoms with Crippen LogP contribution in [-0.2, 0) is 51.9 Å². The second-order valence-corrected chi connectivity index (χ2v) is 13.1. The summed E-state index contributed by atoms with van der Waals surface area (Å²) in [5.74, 6) is -2.03. The van der Waals surface area contributed by atoms with Crippen LogP contribution >= 0.6 is 8.18 Å². The van der Waals surface area contributed by atoms with Crippen LogP contribution in [0.5, 0.6) is 0 Å². The molecule has 0 saturated carbocycles. The summed E-state index contributed by atoms with van der Waals surface area (Å²) in [6.45, 7) is 7.27. The number of fused-ring (bicyclic) bond motifs is 1. The van der Waals surface area contributed by atoms with Crippen molar-refractivity contribution < 1.29 is 51.9 Å². The second-order valence-electron chi connectivity index (χ2n) is 11.9. The van der Waals surface area contributed by atoms with Crippen LogP contribution in [0.3, 0.4) is 0 Å². The van der Waals surface area contributed by atoms with E-state index in [0.717, 1.165) is 0 Å². The summed E-state index contributed by atoms with van der Waals surface area (Å²) in [7, 11) is -2.06. The number of carbonyl (C=O) groups is 3. The number of nitriles is 1. The molecule has 0 radical (unpaired) electrons. The molecule has 2 aliphatic heterocycles. The lowest BCUT2D eigenvalue weighted by Gasteiger charge is -2.37. The summed E-state index contributed by atoms with van der Waals surface area (Å²) in [5.41, 5.74) is 4.39. The third-order valence-electron chi connectivity index (χ3n) is 7.98. The molecule has 4 heterocycles. The predicted octanol–water partition coefficient (Wildman–Crippen LogP) is -0.283. The number of morpholine rings is 2. The lowest BCUT2D eigenvalue weighted by molar-refractivity contribution is -0.195. The van der Waals surface area contributed by atoms with E-state index in [1.54, 1.807) is 30.9 Å². The van der Waals surface area contributed by atoms with Gasteiger partial charge in [-0.2, -0.15) is 10.4 Å². The monoisotopic (exact) mass is 724 g/mol. The van der Waals surface area contributed by atoms with E-state index < -0.39 is 62.6 Å². The first-order valence-corrected chi connectivity index (χ1v) is 17.5. The van der Waals surface area contributed by atoms with E-state index in [4.69, 9.17) is 38.7 Å². The Kier molecular flexibility index (Phi) is 14.4. The molecule has 0 amide bonds. The number of nitrogens with one attached hydrogen (secondary N) is 1. The third kappa shape index (κ3) is 10.4. The quantitative estimate of drug-likeness (QED) is 0.121. The van der Waals surface area contributed by atoms with Gasteiger partial charge in [0.1, 0.15) is 30.6 Å². The number of aromatic nitrogens is 3. The van der Waals surface area contributed by atoms with Crippen LogP contribution in [0, 0.1) is 11.3 Å². The average molecular weight is 725 g/mol. The molecule has 50 heavy (non-hydrogen) atoms. The number of rotatable bonds is 17. The van der Waals surface area contributed by atoms with Crippen LogP contribution in [0.2, 0.25) is 0 Å². The van der Waals surface area contributed by atoms with Crippen LogP contribution in [0.1, 0.15) is 32.6 Å². The van der Waals surface area contributed by atoms with Crippen LogP contribution in [-0.4, -0.2) is 146 Å². The number of nitrogens with zero attached hydrogens (tertiary/aromatic N) is 6. The van der Waals surface area contributed by atoms with Gasteiger partial charge in [0.2, 0.25) is 5.60 Å². The number of nitrogen functional groups attached to an aromatic ring is 1. The zero-order valence-corrected chi connectivity index (χ0v) is 29.6. The van der Waals surface area contributed by atoms with Crippen molar-refractivity contribution in [1.82, 2.24) is 29.5 Å². The van der Waals surface area contributed by atoms with E-state index in [0.29, 0.717) is 58.1 Å². The lowest BCUT2D eigenvalue weighted by Crippen LogP contribution is -2.54. The van der Waals surface area contributed by atoms with Crippen molar-refractivity contribution in [3.05, 3.63) is 24.2 Å². The van der Waals surface area contributed by atoms with Crippen molar-refractivity contribution in [2.45, 2.75) is 50.7 Å². The Morgan fingerprint density at radius 3 is 2.18 bits per heavy atom. The van der Waals surface area contributed by atoms with Gasteiger partial charge in [-0.05, 0) is 32.9 Å². The number of hydrogen-bond acceptors (Lipinski definition) is 17. The van der Waals surface area contributed by atoms with Crippen molar-refractivity contribution in [2.75, 3.05) is 85.1 Å². The summed E-state index contributed by atoms with van der Waals surface area (Å²) in [4.78, 5) is 47.1. The van der Waals surface area contributed by atoms with Gasteiger partial charge < -0.3 is 38.7 Å². The fraction of sp³-hybridized carbons (Fsp3) is 0.667. The van der Waals surface area contributed by atoms with E-state index >= 15 is 0 Å². The fourth-order valence-corrected chi connectivity index (χ4v) is 6.19. The molecule has 1 unspecified atom stereocenters. The molecule has 2 aromatic heterocycles. The maximum atomic E-state index is 13.6. The Hall–Kier alpha value is -3.73. The number of methoxy groups -OCH3 is 1. The standard InChI is InChI=1S/C30H45N8O11P/c1-20(2)47-29(41)21(3)35-50(42)46-18-30(17-31,43-4)27(49-25(40)16-37-9-13-45-14-10-37)26(48-24(39)15-36-7-11-44-12-8-36)22-5-6-23-28(32)33-19-34-38(22)23/h5-6,19-21,26-27,50H,7-16,18H2,1-4H3,(H,35,42)(H2,32,33,34)/t21-,26-,27-,30+/m0/s1. The highest BCUT2D eigenvalue weighted by Crippen LogP contribution is 2.36. The van der Waals surface area contributed by atoms with Crippen LogP contribution in [0.4, 0.5) is 5.82 Å². The van der Waals surface area contributed by atoms with Gasteiger partial charge in [0.15, 0.2) is 18.0 Å². The SMILES string of the molecule is CO[C@](C#N)(CO[PH](=O)N[C@@H](C)C(=O)OC(C)C)[C@@H](OC(=O)CN1CCOCC1)[C@@H](OC(=O)CN1CCOCC1)c1ccc2c(N)ncnn12. The highest BCUT2D eigenvalue weighted by Gasteiger charge is 2.51. The number of nitrogens with two attached hydrogens (primary N) is 1. The summed E-state index contributed by atoms with van der Waals surface area (Å²) in [6, 6.07) is 4.11. The summed E-state index contributed by atoms with van der Waals surface area (Å²) in [6.07, 6.45) is -2.46. The van der Waals surface area contributed by atoms with Crippen molar-refractivity contribution in [3.63, 3.8) is 0 Å². The first-order chi connectivity index (χ1) is 24.0. The fourth-order valence-electron chi connectivity index (χ4n) is 5.29. The van der Waals surface area contributed by atoms with E-state index in [2.05, 4.69) is 15.2 Å². The minimum absolute atomic E-state index is 0.113. The average Bonchev–Trinajstić information content (AvgIpc) is 3.53. The maximum Gasteiger partial charge on any atom is 0.323 e. The minimum Gasteiger partial charge on any atom is -0.462 e. The molecule has 2 aliphatic rings. The van der Waals surface area contributed by atoms with Crippen LogP contribution in [0.15, 0.2) is 18.5 Å². The number of anilines is 1. The molecule has 5 atom stereocenters. The number of carbonyl (C=O) groups excluding carboxylic acids is 3. The Bertz CT molecular complexity index is 1530. The summed E-state index contributed by atoms with van der Waals surface area (Å²) in [5, 5.41) is 17.5. The molecule has 0 aromatic carbocycles. The molecule has 2 aromatic rings. The molecular formula is C30H45N8O11P. The lowest BCUT2D eigenvalue weighted by atomic mass is 9.92. The third-order valence-corrected chi connectivity index (χ3v) is 9.05. The van der Waals surface area contributed by atoms with Crippen molar-refractivity contribution >= 4 is 37.4 Å². The topological polar surface area (TPSA) is 231 Å². The molecule has 276 valence electrons. The molecule has 0 aliphatic carbocycles. The summed E-state index contributed by atoms with van der Waals surface area (Å²) >= 11 is 0. The van der Waals surface area contributed by atoms with Gasteiger partial charge >= 0.3 is 17.9 Å². The highest BCUT2D eigenvalue weighted by molar-refractivity contribution is 7.36. The van der Waals surface area contributed by atoms with Gasteiger partial charge in [0, 0.05) is 33.3 Å².